The van der Waals surface area contributed by atoms with E-state index < -0.39 is 0 Å². The zero-order valence-corrected chi connectivity index (χ0v) is 12.0. The molecule has 0 saturated carbocycles. The molecule has 0 N–H and O–H groups in total. The summed E-state index contributed by atoms with van der Waals surface area (Å²) in [4.78, 5) is 0. The minimum absolute atomic E-state index is 0.233. The van der Waals surface area contributed by atoms with Crippen molar-refractivity contribution in [2.24, 2.45) is 0 Å². The van der Waals surface area contributed by atoms with E-state index in [1.807, 2.05) is 0 Å². The van der Waals surface area contributed by atoms with Crippen LogP contribution >= 0.6 is 0 Å². The molecule has 0 aliphatic carbocycles. The molecule has 0 spiro atoms. The molecule has 0 fully saturated rings. The molecule has 18 heavy (non-hydrogen) atoms. The third-order valence-corrected chi connectivity index (χ3v) is 5.46. The first-order valence-electron chi connectivity index (χ1n) is 6.89. The van der Waals surface area contributed by atoms with Gasteiger partial charge in [0.2, 0.25) is 0 Å². The van der Waals surface area contributed by atoms with Gasteiger partial charge in [-0.3, -0.25) is 0 Å². The Morgan fingerprint density at radius 3 is 1.67 bits per heavy atom. The summed E-state index contributed by atoms with van der Waals surface area (Å²) >= 11 is 0. The van der Waals surface area contributed by atoms with E-state index in [2.05, 4.69) is 70.9 Å². The fraction of sp³-hybridized carbons (Fsp3) is 0.412. The third-order valence-electron chi connectivity index (χ3n) is 5.46. The molecule has 0 unspecified atom stereocenters. The maximum absolute atomic E-state index is 2.40. The van der Waals surface area contributed by atoms with Crippen LogP contribution < -0.4 is 0 Å². The lowest BCUT2D eigenvalue weighted by molar-refractivity contribution is 0.630. The summed E-state index contributed by atoms with van der Waals surface area (Å²) in [7, 11) is 0. The van der Waals surface area contributed by atoms with Crippen molar-refractivity contribution in [2.45, 2.75) is 45.1 Å². The Bertz CT molecular complexity index is 572. The van der Waals surface area contributed by atoms with Crippen molar-refractivity contribution < 1.29 is 0 Å². The lowest BCUT2D eigenvalue weighted by atomic mass is 9.20. The molecule has 0 aromatic heterocycles. The van der Waals surface area contributed by atoms with Crippen LogP contribution in [0.3, 0.4) is 0 Å². The molecule has 0 bridgehead atoms. The number of benzene rings is 2. The van der Waals surface area contributed by atoms with E-state index in [9.17, 15) is 0 Å². The predicted molar refractivity (Wildman–Crippen MR) is 81.6 cm³/mol. The third kappa shape index (κ3) is 1.28. The summed E-state index contributed by atoms with van der Waals surface area (Å²) in [5.74, 6) is 0. The number of hydrogen-bond donors (Lipinski definition) is 0. The van der Waals surface area contributed by atoms with Gasteiger partial charge in [0.05, 0.1) is 0 Å². The van der Waals surface area contributed by atoms with Crippen LogP contribution in [0.2, 0.25) is 6.82 Å². The maximum Gasteiger partial charge on any atom is 0.159 e. The largest absolute Gasteiger partial charge is 0.159 e. The van der Waals surface area contributed by atoms with Gasteiger partial charge in [-0.05, 0) is 32.5 Å². The first kappa shape index (κ1) is 11.8. The van der Waals surface area contributed by atoms with E-state index in [4.69, 9.17) is 0 Å². The lowest BCUT2D eigenvalue weighted by Crippen LogP contribution is -2.52. The number of rotatable bonds is 0. The zero-order chi connectivity index (χ0) is 13.1. The van der Waals surface area contributed by atoms with Crippen LogP contribution in [0.4, 0.5) is 0 Å². The van der Waals surface area contributed by atoms with E-state index >= 15 is 0 Å². The van der Waals surface area contributed by atoms with Crippen LogP contribution in [-0.2, 0) is 10.6 Å². The van der Waals surface area contributed by atoms with Crippen LogP contribution in [0.15, 0.2) is 36.4 Å². The van der Waals surface area contributed by atoms with Gasteiger partial charge in [0.15, 0.2) is 6.71 Å². The summed E-state index contributed by atoms with van der Waals surface area (Å²) < 4.78 is 0. The van der Waals surface area contributed by atoms with Gasteiger partial charge >= 0.3 is 0 Å². The molecule has 0 radical (unpaired) electrons. The second kappa shape index (κ2) is 3.41. The fourth-order valence-corrected chi connectivity index (χ4v) is 3.78. The summed E-state index contributed by atoms with van der Waals surface area (Å²) in [6.07, 6.45) is 0. The summed E-state index contributed by atoms with van der Waals surface area (Å²) in [5.41, 5.74) is 3.03. The molecular formula is C17H21B. The Hall–Kier alpha value is -1.24. The molecule has 0 amide bonds. The topological polar surface area (TPSA) is 0 Å². The molecule has 0 atom stereocenters. The minimum Gasteiger partial charge on any atom is -0.0846 e. The molecule has 1 heteroatoms. The van der Waals surface area contributed by atoms with E-state index in [-0.39, 0.29) is 10.6 Å². The van der Waals surface area contributed by atoms with Crippen LogP contribution in [0.1, 0.15) is 38.8 Å². The Morgan fingerprint density at radius 1 is 0.778 bits per heavy atom. The van der Waals surface area contributed by atoms with Gasteiger partial charge in [-0.2, -0.15) is 0 Å². The van der Waals surface area contributed by atoms with Crippen LogP contribution in [0, 0.1) is 0 Å². The molecule has 2 aromatic carbocycles. The SMILES string of the molecule is CB1C(C)(C)c2cccc3cccc(c23)C1(C)C. The van der Waals surface area contributed by atoms with Gasteiger partial charge in [0.1, 0.15) is 0 Å². The van der Waals surface area contributed by atoms with Crippen molar-refractivity contribution in [3.63, 3.8) is 0 Å². The summed E-state index contributed by atoms with van der Waals surface area (Å²) in [6, 6.07) is 13.5. The van der Waals surface area contributed by atoms with Gasteiger partial charge in [0, 0.05) is 0 Å². The van der Waals surface area contributed by atoms with Crippen LogP contribution in [0.25, 0.3) is 10.8 Å². The summed E-state index contributed by atoms with van der Waals surface area (Å²) in [6.45, 7) is 12.6. The summed E-state index contributed by atoms with van der Waals surface area (Å²) in [5, 5.41) is 3.35. The Balaban J connectivity index is 2.52. The molecule has 1 aliphatic rings. The van der Waals surface area contributed by atoms with Gasteiger partial charge in [-0.15, -0.1) is 0 Å². The highest BCUT2D eigenvalue weighted by molar-refractivity contribution is 6.65. The van der Waals surface area contributed by atoms with Crippen LogP contribution in [-0.4, -0.2) is 6.71 Å². The van der Waals surface area contributed by atoms with Gasteiger partial charge < -0.3 is 0 Å². The van der Waals surface area contributed by atoms with Crippen molar-refractivity contribution in [3.8, 4) is 0 Å². The average molecular weight is 236 g/mol. The zero-order valence-electron chi connectivity index (χ0n) is 12.0. The second-order valence-electron chi connectivity index (χ2n) is 6.87. The highest BCUT2D eigenvalue weighted by Gasteiger charge is 2.47. The molecule has 92 valence electrons. The molecular weight excluding hydrogens is 215 g/mol. The van der Waals surface area contributed by atoms with E-state index in [1.165, 1.54) is 21.9 Å². The van der Waals surface area contributed by atoms with Crippen molar-refractivity contribution >= 4 is 17.5 Å². The Morgan fingerprint density at radius 2 is 1.22 bits per heavy atom. The smallest absolute Gasteiger partial charge is 0.0846 e. The normalized spacial score (nSPS) is 20.2. The Labute approximate surface area is 110 Å². The lowest BCUT2D eigenvalue weighted by Gasteiger charge is -2.46. The highest BCUT2D eigenvalue weighted by Crippen LogP contribution is 2.47. The highest BCUT2D eigenvalue weighted by atomic mass is 14.3. The fourth-order valence-electron chi connectivity index (χ4n) is 3.78. The first-order chi connectivity index (χ1) is 8.37. The quantitative estimate of drug-likeness (QED) is 0.586. The molecule has 1 heterocycles. The van der Waals surface area contributed by atoms with E-state index in [0.29, 0.717) is 6.71 Å². The van der Waals surface area contributed by atoms with Gasteiger partial charge in [-0.25, -0.2) is 0 Å². The van der Waals surface area contributed by atoms with Gasteiger partial charge in [-0.1, -0.05) is 70.9 Å². The standard InChI is InChI=1S/C17H21B/c1-16(2)13-10-6-8-12-9-7-11-14(15(12)13)17(3,4)18(16)5/h6-11H,1-5H3. The van der Waals surface area contributed by atoms with E-state index in [1.54, 1.807) is 0 Å². The molecule has 2 aromatic rings. The van der Waals surface area contributed by atoms with Crippen molar-refractivity contribution in [2.75, 3.05) is 0 Å². The van der Waals surface area contributed by atoms with Crippen molar-refractivity contribution in [1.82, 2.24) is 0 Å². The minimum atomic E-state index is 0.233. The van der Waals surface area contributed by atoms with Crippen molar-refractivity contribution in [1.29, 1.82) is 0 Å². The maximum atomic E-state index is 2.40. The monoisotopic (exact) mass is 236 g/mol. The average Bonchev–Trinajstić information content (AvgIpc) is 2.34. The first-order valence-corrected chi connectivity index (χ1v) is 6.89. The molecule has 0 saturated heterocycles. The van der Waals surface area contributed by atoms with E-state index in [0.717, 1.165) is 0 Å². The van der Waals surface area contributed by atoms with Gasteiger partial charge in [0.25, 0.3) is 0 Å². The Kier molecular flexibility index (Phi) is 2.24. The van der Waals surface area contributed by atoms with Crippen molar-refractivity contribution in [3.05, 3.63) is 47.5 Å². The number of hydrogen-bond acceptors (Lipinski definition) is 0. The molecule has 0 nitrogen and oxygen atoms in total. The molecule has 3 rings (SSSR count). The molecule has 1 aliphatic heterocycles. The predicted octanol–water partition coefficient (Wildman–Crippen LogP) is 4.61. The van der Waals surface area contributed by atoms with Crippen LogP contribution in [0.5, 0.6) is 0 Å². The second-order valence-corrected chi connectivity index (χ2v) is 6.87.